The molecular weight excluding hydrogens is 402 g/mol. The summed E-state index contributed by atoms with van der Waals surface area (Å²) in [6.07, 6.45) is 2.44. The molecule has 0 fully saturated rings. The molecule has 0 saturated carbocycles. The van der Waals surface area contributed by atoms with Crippen molar-refractivity contribution in [2.24, 2.45) is 7.05 Å². The van der Waals surface area contributed by atoms with Gasteiger partial charge < -0.3 is 5.32 Å². The largest absolute Gasteiger partial charge is 0.351 e. The van der Waals surface area contributed by atoms with Crippen molar-refractivity contribution >= 4 is 22.9 Å². The van der Waals surface area contributed by atoms with E-state index in [-0.39, 0.29) is 11.5 Å². The summed E-state index contributed by atoms with van der Waals surface area (Å²) >= 11 is 1.22. The summed E-state index contributed by atoms with van der Waals surface area (Å²) in [7, 11) is 1.61. The van der Waals surface area contributed by atoms with Crippen LogP contribution in [-0.2, 0) is 13.5 Å². The monoisotopic (exact) mass is 423 g/mol. The predicted octanol–water partition coefficient (Wildman–Crippen LogP) is 1.84. The summed E-state index contributed by atoms with van der Waals surface area (Å²) in [5.41, 5.74) is 3.16. The zero-order chi connectivity index (χ0) is 21.4. The highest BCUT2D eigenvalue weighted by Crippen LogP contribution is 2.28. The summed E-state index contributed by atoms with van der Waals surface area (Å²) in [5, 5.41) is 15.9. The van der Waals surface area contributed by atoms with Gasteiger partial charge in [-0.25, -0.2) is 9.67 Å². The molecule has 0 aliphatic rings. The van der Waals surface area contributed by atoms with Crippen LogP contribution in [0.25, 0.3) is 16.2 Å². The summed E-state index contributed by atoms with van der Waals surface area (Å²) in [5.74, 6) is 0.560. The maximum atomic E-state index is 12.7. The van der Waals surface area contributed by atoms with Gasteiger partial charge in [0.1, 0.15) is 15.7 Å². The molecular formula is C20H21N7O2S. The minimum Gasteiger partial charge on any atom is -0.351 e. The van der Waals surface area contributed by atoms with E-state index >= 15 is 0 Å². The van der Waals surface area contributed by atoms with Crippen molar-refractivity contribution in [2.45, 2.75) is 27.2 Å². The molecule has 9 nitrogen and oxygen atoms in total. The predicted molar refractivity (Wildman–Crippen MR) is 114 cm³/mol. The number of hydrogen-bond acceptors (Lipinski definition) is 7. The van der Waals surface area contributed by atoms with Crippen LogP contribution >= 0.6 is 11.3 Å². The van der Waals surface area contributed by atoms with Gasteiger partial charge in [0.15, 0.2) is 5.65 Å². The normalized spacial score (nSPS) is 11.2. The van der Waals surface area contributed by atoms with Crippen LogP contribution in [0.3, 0.4) is 0 Å². The Kier molecular flexibility index (Phi) is 5.17. The summed E-state index contributed by atoms with van der Waals surface area (Å²) in [6, 6.07) is 5.69. The first-order chi connectivity index (χ1) is 14.4. The van der Waals surface area contributed by atoms with E-state index in [0.717, 1.165) is 22.7 Å². The van der Waals surface area contributed by atoms with E-state index in [1.807, 2.05) is 42.6 Å². The second-order valence-electron chi connectivity index (χ2n) is 7.00. The van der Waals surface area contributed by atoms with Gasteiger partial charge in [-0.1, -0.05) is 6.07 Å². The van der Waals surface area contributed by atoms with Gasteiger partial charge in [-0.15, -0.1) is 21.5 Å². The van der Waals surface area contributed by atoms with Crippen LogP contribution in [0.5, 0.6) is 0 Å². The maximum absolute atomic E-state index is 12.7. The summed E-state index contributed by atoms with van der Waals surface area (Å²) in [6.45, 7) is 5.88. The molecule has 0 radical (unpaired) electrons. The van der Waals surface area contributed by atoms with Gasteiger partial charge >= 0.3 is 0 Å². The molecule has 4 aromatic rings. The van der Waals surface area contributed by atoms with Gasteiger partial charge in [0.25, 0.3) is 11.5 Å². The van der Waals surface area contributed by atoms with Crippen LogP contribution < -0.4 is 10.9 Å². The molecule has 4 heterocycles. The Morgan fingerprint density at radius 1 is 1.17 bits per heavy atom. The number of nitrogens with zero attached hydrogens (tertiary/aromatic N) is 6. The molecule has 0 atom stereocenters. The Bertz CT molecular complexity index is 1320. The SMILES string of the molecule is Cc1nc(-c2c(C)c(C)nn(C)c2=O)sc1C(=O)NCCc1nnc2ccccn12. The van der Waals surface area contributed by atoms with E-state index in [2.05, 4.69) is 25.6 Å². The number of hydrogen-bond donors (Lipinski definition) is 1. The van der Waals surface area contributed by atoms with Crippen molar-refractivity contribution in [1.29, 1.82) is 0 Å². The molecule has 1 amide bonds. The van der Waals surface area contributed by atoms with Gasteiger partial charge in [0.05, 0.1) is 17.0 Å². The minimum atomic E-state index is -0.225. The molecule has 30 heavy (non-hydrogen) atoms. The number of carbonyl (C=O) groups is 1. The first kappa shape index (κ1) is 19.9. The minimum absolute atomic E-state index is 0.217. The molecule has 0 unspecified atom stereocenters. The first-order valence-corrected chi connectivity index (χ1v) is 10.3. The molecule has 0 spiro atoms. The quantitative estimate of drug-likeness (QED) is 0.525. The number of thiazole rings is 1. The number of nitrogens with one attached hydrogen (secondary N) is 1. The fourth-order valence-corrected chi connectivity index (χ4v) is 4.32. The third-order valence-electron chi connectivity index (χ3n) is 4.96. The Labute approximate surface area is 176 Å². The van der Waals surface area contributed by atoms with Crippen molar-refractivity contribution in [1.82, 2.24) is 34.7 Å². The zero-order valence-corrected chi connectivity index (χ0v) is 17.9. The summed E-state index contributed by atoms with van der Waals surface area (Å²) < 4.78 is 3.20. The number of fused-ring (bicyclic) bond motifs is 1. The van der Waals surface area contributed by atoms with Crippen LogP contribution in [0.4, 0.5) is 0 Å². The van der Waals surface area contributed by atoms with E-state index in [9.17, 15) is 9.59 Å². The van der Waals surface area contributed by atoms with E-state index in [1.165, 1.54) is 16.0 Å². The molecule has 4 rings (SSSR count). The molecule has 0 aliphatic carbocycles. The average molecular weight is 424 g/mol. The summed E-state index contributed by atoms with van der Waals surface area (Å²) in [4.78, 5) is 30.3. The fraction of sp³-hybridized carbons (Fsp3) is 0.300. The van der Waals surface area contributed by atoms with Gasteiger partial charge in [0.2, 0.25) is 0 Å². The number of pyridine rings is 1. The fourth-order valence-electron chi connectivity index (χ4n) is 3.24. The molecule has 0 aromatic carbocycles. The Morgan fingerprint density at radius 3 is 2.77 bits per heavy atom. The van der Waals surface area contributed by atoms with Crippen molar-refractivity contribution in [3.63, 3.8) is 0 Å². The third-order valence-corrected chi connectivity index (χ3v) is 6.13. The van der Waals surface area contributed by atoms with Crippen LogP contribution in [-0.4, -0.2) is 41.8 Å². The van der Waals surface area contributed by atoms with Crippen LogP contribution in [0.15, 0.2) is 29.2 Å². The molecule has 154 valence electrons. The number of aryl methyl sites for hydroxylation is 3. The van der Waals surface area contributed by atoms with E-state index in [4.69, 9.17) is 0 Å². The van der Waals surface area contributed by atoms with Crippen LogP contribution in [0, 0.1) is 20.8 Å². The smallest absolute Gasteiger partial charge is 0.277 e. The molecule has 10 heteroatoms. The number of rotatable bonds is 5. The second kappa shape index (κ2) is 7.79. The Balaban J connectivity index is 1.52. The standard InChI is InChI=1S/C20H21N7O2S/c1-11-12(2)25-26(4)20(29)16(11)19-22-13(3)17(30-19)18(28)21-9-8-15-24-23-14-7-5-6-10-27(14)15/h5-7,10H,8-9H2,1-4H3,(H,21,28). The van der Waals surface area contributed by atoms with E-state index in [0.29, 0.717) is 34.1 Å². The zero-order valence-electron chi connectivity index (χ0n) is 17.1. The van der Waals surface area contributed by atoms with Crippen molar-refractivity contribution in [2.75, 3.05) is 6.54 Å². The average Bonchev–Trinajstić information content (AvgIpc) is 3.30. The van der Waals surface area contributed by atoms with Crippen molar-refractivity contribution < 1.29 is 4.79 Å². The number of aromatic nitrogens is 6. The van der Waals surface area contributed by atoms with Crippen LogP contribution in [0.1, 0.15) is 32.4 Å². The third kappa shape index (κ3) is 3.50. The highest BCUT2D eigenvalue weighted by molar-refractivity contribution is 7.17. The second-order valence-corrected chi connectivity index (χ2v) is 8.00. The van der Waals surface area contributed by atoms with Gasteiger partial charge in [-0.05, 0) is 38.5 Å². The van der Waals surface area contributed by atoms with Crippen molar-refractivity contribution in [3.8, 4) is 10.6 Å². The van der Waals surface area contributed by atoms with Gasteiger partial charge in [-0.3, -0.25) is 14.0 Å². The Morgan fingerprint density at radius 2 is 1.97 bits per heavy atom. The molecule has 0 bridgehead atoms. The van der Waals surface area contributed by atoms with Crippen LogP contribution in [0.2, 0.25) is 0 Å². The molecule has 0 aliphatic heterocycles. The molecule has 1 N–H and O–H groups in total. The van der Waals surface area contributed by atoms with Gasteiger partial charge in [0, 0.05) is 26.2 Å². The molecule has 0 saturated heterocycles. The van der Waals surface area contributed by atoms with E-state index in [1.54, 1.807) is 14.0 Å². The first-order valence-electron chi connectivity index (χ1n) is 9.46. The maximum Gasteiger partial charge on any atom is 0.277 e. The van der Waals surface area contributed by atoms with E-state index < -0.39 is 0 Å². The lowest BCUT2D eigenvalue weighted by molar-refractivity contribution is 0.0957. The number of carbonyl (C=O) groups excluding carboxylic acids is 1. The van der Waals surface area contributed by atoms with Gasteiger partial charge in [-0.2, -0.15) is 5.10 Å². The highest BCUT2D eigenvalue weighted by atomic mass is 32.1. The topological polar surface area (TPSA) is 107 Å². The molecule has 4 aromatic heterocycles. The number of amides is 1. The van der Waals surface area contributed by atoms with Crippen molar-refractivity contribution in [3.05, 3.63) is 62.4 Å². The lowest BCUT2D eigenvalue weighted by Crippen LogP contribution is -2.26. The lowest BCUT2D eigenvalue weighted by Gasteiger charge is -2.07. The highest BCUT2D eigenvalue weighted by Gasteiger charge is 2.21. The lowest BCUT2D eigenvalue weighted by atomic mass is 10.1. The Hall–Kier alpha value is -3.40.